The fourth-order valence-electron chi connectivity index (χ4n) is 2.34. The zero-order chi connectivity index (χ0) is 21.8. The highest BCUT2D eigenvalue weighted by Crippen LogP contribution is 2.09. The number of rotatable bonds is 11. The van der Waals surface area contributed by atoms with E-state index in [4.69, 9.17) is 39.8 Å². The lowest BCUT2D eigenvalue weighted by Gasteiger charge is -2.27. The third kappa shape index (κ3) is 6.51. The van der Waals surface area contributed by atoms with Gasteiger partial charge in [0.05, 0.1) is 0 Å². The molecule has 0 unspecified atom stereocenters. The van der Waals surface area contributed by atoms with E-state index in [2.05, 4.69) is 0 Å². The summed E-state index contributed by atoms with van der Waals surface area (Å²) < 4.78 is 47.4. The fraction of sp³-hybridized carbons (Fsp3) is 0.625. The Morgan fingerprint density at radius 2 is 0.643 bits per heavy atom. The molecule has 164 valence electrons. The Morgan fingerprint density at radius 1 is 0.429 bits per heavy atom. The highest BCUT2D eigenvalue weighted by molar-refractivity contribution is 6.77. The Bertz CT molecular complexity index is 469. The predicted octanol–water partition coefficient (Wildman–Crippen LogP) is 0.351. The van der Waals surface area contributed by atoms with Crippen LogP contribution in [-0.4, -0.2) is 90.4 Å². The molecule has 12 heteroatoms. The number of hydrogen-bond donors (Lipinski definition) is 0. The number of hydrogen-bond acceptors (Lipinski definition) is 9. The van der Waals surface area contributed by atoms with E-state index in [-0.39, 0.29) is 0 Å². The molecule has 0 amide bonds. The van der Waals surface area contributed by atoms with Crippen molar-refractivity contribution in [1.82, 2.24) is 0 Å². The van der Waals surface area contributed by atoms with Gasteiger partial charge in [0, 0.05) is 80.9 Å². The summed E-state index contributed by atoms with van der Waals surface area (Å²) in [6, 6.07) is 7.54. The largest absolute Gasteiger partial charge is 0.536 e. The zero-order valence-electron chi connectivity index (χ0n) is 18.5. The first-order chi connectivity index (χ1) is 13.3. The quantitative estimate of drug-likeness (QED) is 0.440. The first kappa shape index (κ1) is 27.5. The van der Waals surface area contributed by atoms with Crippen LogP contribution in [0.25, 0.3) is 0 Å². The highest BCUT2D eigenvalue weighted by atomic mass is 28.4. The molecule has 0 heterocycles. The summed E-state index contributed by atoms with van der Waals surface area (Å²) in [5.41, 5.74) is 0. The molecular formula is C16H34O9Si3. The molecule has 0 spiro atoms. The summed E-state index contributed by atoms with van der Waals surface area (Å²) in [7, 11) is 6.40. The summed E-state index contributed by atoms with van der Waals surface area (Å²) in [5, 5.41) is 1.72. The van der Waals surface area contributed by atoms with Crippen molar-refractivity contribution >= 4 is 36.8 Å². The average Bonchev–Trinajstić information content (AvgIpc) is 2.77. The molecule has 0 saturated heterocycles. The van der Waals surface area contributed by atoms with Gasteiger partial charge in [0.1, 0.15) is 0 Å². The van der Waals surface area contributed by atoms with Gasteiger partial charge in [0.15, 0.2) is 0 Å². The predicted molar refractivity (Wildman–Crippen MR) is 112 cm³/mol. The monoisotopic (exact) mass is 454 g/mol. The highest BCUT2D eigenvalue weighted by Gasteiger charge is 2.43. The Morgan fingerprint density at radius 3 is 0.750 bits per heavy atom. The second-order valence-electron chi connectivity index (χ2n) is 5.39. The smallest absolute Gasteiger partial charge is 0.377 e. The van der Waals surface area contributed by atoms with Crippen LogP contribution in [0.3, 0.4) is 0 Å². The summed E-state index contributed by atoms with van der Waals surface area (Å²) in [6.45, 7) is 1.83. The fourth-order valence-corrected chi connectivity index (χ4v) is 6.40. The Balaban J connectivity index is 0.000000769. The first-order valence-corrected chi connectivity index (χ1v) is 14.0. The van der Waals surface area contributed by atoms with Crippen LogP contribution in [0.4, 0.5) is 0 Å². The molecule has 0 aliphatic heterocycles. The molecule has 0 fully saturated rings. The van der Waals surface area contributed by atoms with Crippen molar-refractivity contribution in [3.05, 3.63) is 24.3 Å². The third-order valence-corrected chi connectivity index (χ3v) is 11.8. The van der Waals surface area contributed by atoms with E-state index in [1.807, 2.05) is 30.8 Å². The van der Waals surface area contributed by atoms with E-state index in [0.29, 0.717) is 0 Å². The molecule has 0 aliphatic rings. The topological polar surface area (TPSA) is 83.1 Å². The van der Waals surface area contributed by atoms with E-state index in [1.54, 1.807) is 64.0 Å². The van der Waals surface area contributed by atoms with Crippen molar-refractivity contribution in [3.8, 4) is 0 Å². The van der Waals surface area contributed by atoms with Crippen molar-refractivity contribution in [3.63, 3.8) is 0 Å². The van der Waals surface area contributed by atoms with Gasteiger partial charge in [-0.15, -0.1) is 0 Å². The van der Waals surface area contributed by atoms with Gasteiger partial charge in [-0.25, -0.2) is 0 Å². The van der Waals surface area contributed by atoms with Crippen molar-refractivity contribution in [2.24, 2.45) is 0 Å². The molecule has 1 aromatic rings. The molecule has 0 radical (unpaired) electrons. The van der Waals surface area contributed by atoms with E-state index in [9.17, 15) is 0 Å². The van der Waals surface area contributed by atoms with Gasteiger partial charge in [-0.2, -0.15) is 0 Å². The summed E-state index contributed by atoms with van der Waals surface area (Å²) in [4.78, 5) is 0. The summed E-state index contributed by atoms with van der Waals surface area (Å²) in [6.07, 6.45) is 0. The van der Waals surface area contributed by atoms with Crippen molar-refractivity contribution in [1.29, 1.82) is 0 Å². The van der Waals surface area contributed by atoms with E-state index in [1.165, 1.54) is 0 Å². The Kier molecular flexibility index (Phi) is 12.7. The average molecular weight is 455 g/mol. The van der Waals surface area contributed by atoms with Crippen LogP contribution >= 0.6 is 0 Å². The minimum atomic E-state index is -2.81. The van der Waals surface area contributed by atoms with Crippen molar-refractivity contribution in [2.75, 3.05) is 64.0 Å². The van der Waals surface area contributed by atoms with Gasteiger partial charge < -0.3 is 39.8 Å². The molecule has 0 aromatic heterocycles. The maximum absolute atomic E-state index is 5.44. The number of benzene rings is 1. The molecule has 0 atom stereocenters. The molecule has 28 heavy (non-hydrogen) atoms. The van der Waals surface area contributed by atoms with Crippen LogP contribution < -0.4 is 10.4 Å². The van der Waals surface area contributed by atoms with Gasteiger partial charge in [-0.1, -0.05) is 24.3 Å². The molecular weight excluding hydrogens is 420 g/mol. The van der Waals surface area contributed by atoms with Crippen LogP contribution in [0.2, 0.25) is 6.55 Å². The lowest BCUT2D eigenvalue weighted by molar-refractivity contribution is 0.132. The third-order valence-electron chi connectivity index (χ3n) is 4.32. The van der Waals surface area contributed by atoms with Crippen LogP contribution in [0.15, 0.2) is 24.3 Å². The first-order valence-electron chi connectivity index (χ1n) is 8.33. The molecule has 0 saturated carbocycles. The molecule has 0 aliphatic carbocycles. The lowest BCUT2D eigenvalue weighted by Crippen LogP contribution is -2.57. The zero-order valence-corrected chi connectivity index (χ0v) is 21.5. The van der Waals surface area contributed by atoms with Gasteiger partial charge in [-0.05, 0) is 0 Å². The van der Waals surface area contributed by atoms with E-state index in [0.717, 1.165) is 10.4 Å². The Hall–Kier alpha value is -0.489. The van der Waals surface area contributed by atoms with Crippen LogP contribution in [-0.2, 0) is 39.8 Å². The molecule has 0 N–H and O–H groups in total. The normalized spacial score (nSPS) is 12.5. The van der Waals surface area contributed by atoms with E-state index >= 15 is 0 Å². The summed E-state index contributed by atoms with van der Waals surface area (Å²) in [5.74, 6) is 0. The van der Waals surface area contributed by atoms with Crippen LogP contribution in [0, 0.1) is 0 Å². The lowest BCUT2D eigenvalue weighted by atomic mass is 10.4. The maximum atomic E-state index is 5.44. The standard InChI is InChI=1S/C12H22O6Si2.C4H12O3Si/c1-13-19(14-2,15-3)11-7-9-12(10-8-11)20(16-4,17-5)18-6;1-5-8(4,6-2)7-3/h7-10H,1-6H3;1-4H3. The van der Waals surface area contributed by atoms with E-state index < -0.39 is 26.4 Å². The second-order valence-corrected chi connectivity index (χ2v) is 14.2. The minimum Gasteiger partial charge on any atom is -0.377 e. The van der Waals surface area contributed by atoms with Crippen molar-refractivity contribution < 1.29 is 39.8 Å². The van der Waals surface area contributed by atoms with Gasteiger partial charge >= 0.3 is 26.4 Å². The molecule has 1 rings (SSSR count). The minimum absolute atomic E-state index is 0.861. The molecule has 1 aromatic carbocycles. The van der Waals surface area contributed by atoms with Crippen molar-refractivity contribution in [2.45, 2.75) is 6.55 Å². The van der Waals surface area contributed by atoms with Crippen LogP contribution in [0.5, 0.6) is 0 Å². The van der Waals surface area contributed by atoms with Gasteiger partial charge in [0.2, 0.25) is 0 Å². The molecule has 0 bridgehead atoms. The SMILES string of the molecule is CO[Si](C)(OC)OC.CO[Si](OC)(OC)c1ccc([Si](OC)(OC)OC)cc1. The molecule has 9 nitrogen and oxygen atoms in total. The van der Waals surface area contributed by atoms with Gasteiger partial charge in [0.25, 0.3) is 0 Å². The Labute approximate surface area is 171 Å². The second kappa shape index (κ2) is 12.9. The van der Waals surface area contributed by atoms with Gasteiger partial charge in [-0.3, -0.25) is 0 Å². The summed E-state index contributed by atoms with van der Waals surface area (Å²) >= 11 is 0. The maximum Gasteiger partial charge on any atom is 0.536 e. The van der Waals surface area contributed by atoms with Crippen LogP contribution in [0.1, 0.15) is 0 Å².